The van der Waals surface area contributed by atoms with Crippen LogP contribution in [0.15, 0.2) is 72.8 Å². The molecule has 4 nitrogen and oxygen atoms in total. The molecule has 1 atom stereocenters. The van der Waals surface area contributed by atoms with Crippen molar-refractivity contribution in [3.63, 3.8) is 0 Å². The van der Waals surface area contributed by atoms with Gasteiger partial charge in [0.15, 0.2) is 5.11 Å². The quantitative estimate of drug-likeness (QED) is 0.452. The molecule has 3 rings (SSSR count). The first-order valence-corrected chi connectivity index (χ1v) is 9.70. The molecule has 0 aliphatic heterocycles. The number of hydrogen-bond donors (Lipinski definition) is 3. The van der Waals surface area contributed by atoms with Gasteiger partial charge < -0.3 is 16.0 Å². The zero-order chi connectivity index (χ0) is 20.8. The number of amides is 1. The summed E-state index contributed by atoms with van der Waals surface area (Å²) in [6, 6.07) is 20.2. The average molecular weight is 428 g/mol. The number of rotatable bonds is 5. The summed E-state index contributed by atoms with van der Waals surface area (Å²) in [5, 5.41) is 9.89. The van der Waals surface area contributed by atoms with Gasteiger partial charge in [0, 0.05) is 11.4 Å². The third-order valence-electron chi connectivity index (χ3n) is 4.24. The summed E-state index contributed by atoms with van der Waals surface area (Å²) in [7, 11) is 0. The second-order valence-corrected chi connectivity index (χ2v) is 7.20. The van der Waals surface area contributed by atoms with E-state index in [-0.39, 0.29) is 17.8 Å². The summed E-state index contributed by atoms with van der Waals surface area (Å²) < 4.78 is 13.0. The lowest BCUT2D eigenvalue weighted by molar-refractivity contribution is 0.102. The fraction of sp³-hybridized carbons (Fsp3) is 0.0909. The first-order chi connectivity index (χ1) is 13.9. The van der Waals surface area contributed by atoms with Gasteiger partial charge in [0.2, 0.25) is 0 Å². The number of halogens is 2. The maximum absolute atomic E-state index is 13.0. The van der Waals surface area contributed by atoms with Crippen molar-refractivity contribution in [2.24, 2.45) is 0 Å². The Balaban J connectivity index is 1.56. The predicted molar refractivity (Wildman–Crippen MR) is 120 cm³/mol. The van der Waals surface area contributed by atoms with Crippen LogP contribution < -0.4 is 16.0 Å². The Hall–Kier alpha value is -2.96. The maximum atomic E-state index is 13.0. The van der Waals surface area contributed by atoms with Crippen LogP contribution in [0, 0.1) is 5.82 Å². The summed E-state index contributed by atoms with van der Waals surface area (Å²) in [5.74, 6) is -0.551. The second kappa shape index (κ2) is 9.49. The normalized spacial score (nSPS) is 11.4. The Labute approximate surface area is 179 Å². The lowest BCUT2D eigenvalue weighted by atomic mass is 10.1. The summed E-state index contributed by atoms with van der Waals surface area (Å²) in [6.07, 6.45) is 0. The highest BCUT2D eigenvalue weighted by Crippen LogP contribution is 2.19. The molecule has 3 aromatic rings. The van der Waals surface area contributed by atoms with Crippen LogP contribution in [0.5, 0.6) is 0 Å². The third-order valence-corrected chi connectivity index (χ3v) is 4.79. The first kappa shape index (κ1) is 20.8. The Morgan fingerprint density at radius 2 is 1.52 bits per heavy atom. The SMILES string of the molecule is CC(NC(=S)Nc1ccc(NC(=O)c2ccccc2Cl)cc1)c1ccc(F)cc1. The first-order valence-electron chi connectivity index (χ1n) is 8.91. The van der Waals surface area contributed by atoms with Crippen molar-refractivity contribution < 1.29 is 9.18 Å². The van der Waals surface area contributed by atoms with Gasteiger partial charge in [0.1, 0.15) is 5.82 Å². The lowest BCUT2D eigenvalue weighted by Crippen LogP contribution is -2.30. The monoisotopic (exact) mass is 427 g/mol. The second-order valence-electron chi connectivity index (χ2n) is 6.38. The minimum Gasteiger partial charge on any atom is -0.356 e. The minimum absolute atomic E-state index is 0.0789. The van der Waals surface area contributed by atoms with Crippen LogP contribution in [0.1, 0.15) is 28.9 Å². The van der Waals surface area contributed by atoms with E-state index in [2.05, 4.69) is 16.0 Å². The molecule has 3 aromatic carbocycles. The van der Waals surface area contributed by atoms with Crippen LogP contribution in [0.3, 0.4) is 0 Å². The van der Waals surface area contributed by atoms with E-state index in [1.54, 1.807) is 60.7 Å². The van der Waals surface area contributed by atoms with Gasteiger partial charge in [0.05, 0.1) is 16.6 Å². The fourth-order valence-corrected chi connectivity index (χ4v) is 3.20. The molecule has 1 amide bonds. The smallest absolute Gasteiger partial charge is 0.257 e. The largest absolute Gasteiger partial charge is 0.356 e. The zero-order valence-electron chi connectivity index (χ0n) is 15.6. The number of hydrogen-bond acceptors (Lipinski definition) is 2. The number of carbonyl (C=O) groups excluding carboxylic acids is 1. The van der Waals surface area contributed by atoms with Gasteiger partial charge in [0.25, 0.3) is 5.91 Å². The standard InChI is InChI=1S/C22H19ClFN3OS/c1-14(15-6-8-16(24)9-7-15)25-22(29)27-18-12-10-17(11-13-18)26-21(28)19-4-2-3-5-20(19)23/h2-14H,1H3,(H,26,28)(H2,25,27,29). The maximum Gasteiger partial charge on any atom is 0.257 e. The molecule has 0 aliphatic carbocycles. The molecule has 0 radical (unpaired) electrons. The van der Waals surface area contributed by atoms with Gasteiger partial charge in [-0.15, -0.1) is 0 Å². The molecule has 7 heteroatoms. The highest BCUT2D eigenvalue weighted by Gasteiger charge is 2.10. The topological polar surface area (TPSA) is 53.2 Å². The van der Waals surface area contributed by atoms with Crippen LogP contribution in [0.25, 0.3) is 0 Å². The number of thiocarbonyl (C=S) groups is 1. The number of anilines is 2. The summed E-state index contributed by atoms with van der Waals surface area (Å²) >= 11 is 11.4. The Morgan fingerprint density at radius 3 is 2.14 bits per heavy atom. The molecule has 0 aliphatic rings. The Morgan fingerprint density at radius 1 is 0.931 bits per heavy atom. The molecular weight excluding hydrogens is 409 g/mol. The molecule has 3 N–H and O–H groups in total. The molecule has 1 unspecified atom stereocenters. The van der Waals surface area contributed by atoms with Crippen LogP contribution in [-0.4, -0.2) is 11.0 Å². The predicted octanol–water partition coefficient (Wildman–Crippen LogP) is 5.78. The van der Waals surface area contributed by atoms with Crippen molar-refractivity contribution in [2.45, 2.75) is 13.0 Å². The van der Waals surface area contributed by atoms with Gasteiger partial charge in [-0.25, -0.2) is 4.39 Å². The molecule has 29 heavy (non-hydrogen) atoms. The molecule has 0 aromatic heterocycles. The molecule has 0 saturated carbocycles. The van der Waals surface area contributed by atoms with E-state index >= 15 is 0 Å². The Kier molecular flexibility index (Phi) is 6.80. The molecule has 0 fully saturated rings. The van der Waals surface area contributed by atoms with E-state index < -0.39 is 0 Å². The van der Waals surface area contributed by atoms with Gasteiger partial charge in [-0.1, -0.05) is 35.9 Å². The van der Waals surface area contributed by atoms with Crippen molar-refractivity contribution in [2.75, 3.05) is 10.6 Å². The van der Waals surface area contributed by atoms with Crippen molar-refractivity contribution >= 4 is 46.2 Å². The molecule has 148 valence electrons. The molecule has 0 spiro atoms. The van der Waals surface area contributed by atoms with Crippen molar-refractivity contribution in [1.29, 1.82) is 0 Å². The number of benzene rings is 3. The summed E-state index contributed by atoms with van der Waals surface area (Å²) in [5.41, 5.74) is 2.74. The van der Waals surface area contributed by atoms with Crippen molar-refractivity contribution in [1.82, 2.24) is 5.32 Å². The number of carbonyl (C=O) groups is 1. The van der Waals surface area contributed by atoms with Crippen molar-refractivity contribution in [3.05, 3.63) is 94.8 Å². The molecular formula is C22H19ClFN3OS. The van der Waals surface area contributed by atoms with E-state index in [1.807, 2.05) is 6.92 Å². The van der Waals surface area contributed by atoms with E-state index in [4.69, 9.17) is 23.8 Å². The van der Waals surface area contributed by atoms with E-state index in [0.717, 1.165) is 11.3 Å². The highest BCUT2D eigenvalue weighted by atomic mass is 35.5. The van der Waals surface area contributed by atoms with E-state index in [9.17, 15) is 9.18 Å². The number of nitrogens with one attached hydrogen (secondary N) is 3. The third kappa shape index (κ3) is 5.76. The summed E-state index contributed by atoms with van der Waals surface area (Å²) in [4.78, 5) is 12.3. The van der Waals surface area contributed by atoms with Crippen LogP contribution in [-0.2, 0) is 0 Å². The van der Waals surface area contributed by atoms with Gasteiger partial charge in [-0.3, -0.25) is 4.79 Å². The van der Waals surface area contributed by atoms with Crippen LogP contribution in [0.4, 0.5) is 15.8 Å². The van der Waals surface area contributed by atoms with Gasteiger partial charge >= 0.3 is 0 Å². The molecule has 0 saturated heterocycles. The van der Waals surface area contributed by atoms with Crippen molar-refractivity contribution in [3.8, 4) is 0 Å². The lowest BCUT2D eigenvalue weighted by Gasteiger charge is -2.17. The van der Waals surface area contributed by atoms with E-state index in [1.165, 1.54) is 12.1 Å². The highest BCUT2D eigenvalue weighted by molar-refractivity contribution is 7.80. The van der Waals surface area contributed by atoms with Crippen LogP contribution >= 0.6 is 23.8 Å². The zero-order valence-corrected chi connectivity index (χ0v) is 17.2. The fourth-order valence-electron chi connectivity index (χ4n) is 2.68. The molecule has 0 bridgehead atoms. The summed E-state index contributed by atoms with van der Waals surface area (Å²) in [6.45, 7) is 1.94. The molecule has 0 heterocycles. The van der Waals surface area contributed by atoms with Crippen LogP contribution in [0.2, 0.25) is 5.02 Å². The van der Waals surface area contributed by atoms with Gasteiger partial charge in [-0.2, -0.15) is 0 Å². The minimum atomic E-state index is -0.276. The van der Waals surface area contributed by atoms with E-state index in [0.29, 0.717) is 21.4 Å². The average Bonchev–Trinajstić information content (AvgIpc) is 2.70. The van der Waals surface area contributed by atoms with Gasteiger partial charge in [-0.05, 0) is 73.2 Å². The Bertz CT molecular complexity index is 1010.